The lowest BCUT2D eigenvalue weighted by Crippen LogP contribution is -2.45. The van der Waals surface area contributed by atoms with Crippen molar-refractivity contribution < 1.29 is 24.5 Å². The fraction of sp³-hybridized carbons (Fsp3) is 0.922. The minimum atomic E-state index is -0.662. The molecule has 0 rings (SSSR count). The van der Waals surface area contributed by atoms with Gasteiger partial charge in [-0.1, -0.05) is 385 Å². The van der Waals surface area contributed by atoms with Crippen molar-refractivity contribution in [2.45, 2.75) is 443 Å². The number of rotatable bonds is 72. The molecule has 6 nitrogen and oxygen atoms in total. The summed E-state index contributed by atoms with van der Waals surface area (Å²) >= 11 is 0. The van der Waals surface area contributed by atoms with Crippen LogP contribution in [0.15, 0.2) is 24.3 Å². The minimum absolute atomic E-state index is 0.0205. The number of nitrogens with one attached hydrogen (secondary N) is 1. The molecule has 3 N–H and O–H groups in total. The molecule has 0 saturated heterocycles. The first kappa shape index (κ1) is 81.3. The molecular weight excluding hydrogens is 1020 g/mol. The Bertz CT molecular complexity index is 1300. The van der Waals surface area contributed by atoms with Gasteiger partial charge in [-0.05, 0) is 57.8 Å². The van der Waals surface area contributed by atoms with Crippen molar-refractivity contribution in [3.8, 4) is 0 Å². The number of unbranched alkanes of at least 4 members (excludes halogenated alkanes) is 57. The van der Waals surface area contributed by atoms with E-state index in [4.69, 9.17) is 4.74 Å². The van der Waals surface area contributed by atoms with E-state index >= 15 is 0 Å². The summed E-state index contributed by atoms with van der Waals surface area (Å²) in [7, 11) is 0. The van der Waals surface area contributed by atoms with Gasteiger partial charge in [0.2, 0.25) is 5.91 Å². The SMILES string of the molecule is CCCCCCCCCCCCCCCCCCC(O)C(CO)NC(=O)CCCCCCCCCCCCCCCCCCC/C=C\C/C=C\CCCCCCCCCCCCCOC(=O)CCCCCCCCCCCCCCCCC. The van der Waals surface area contributed by atoms with Crippen LogP contribution in [0.3, 0.4) is 0 Å². The van der Waals surface area contributed by atoms with Crippen LogP contribution in [-0.4, -0.2) is 47.4 Å². The van der Waals surface area contributed by atoms with E-state index in [2.05, 4.69) is 43.5 Å². The van der Waals surface area contributed by atoms with Crippen LogP contribution < -0.4 is 5.32 Å². The highest BCUT2D eigenvalue weighted by molar-refractivity contribution is 5.76. The van der Waals surface area contributed by atoms with Gasteiger partial charge in [0.05, 0.1) is 25.4 Å². The Morgan fingerprint density at radius 2 is 0.602 bits per heavy atom. The van der Waals surface area contributed by atoms with E-state index in [0.29, 0.717) is 25.9 Å². The van der Waals surface area contributed by atoms with Gasteiger partial charge >= 0.3 is 5.97 Å². The molecule has 6 heteroatoms. The molecule has 0 aliphatic heterocycles. The van der Waals surface area contributed by atoms with Crippen LogP contribution in [-0.2, 0) is 14.3 Å². The Morgan fingerprint density at radius 1 is 0.337 bits per heavy atom. The Balaban J connectivity index is 3.35. The smallest absolute Gasteiger partial charge is 0.305 e. The molecule has 1 amide bonds. The Labute approximate surface area is 520 Å². The second-order valence-electron chi connectivity index (χ2n) is 26.3. The van der Waals surface area contributed by atoms with E-state index in [1.807, 2.05) is 0 Å². The predicted molar refractivity (Wildman–Crippen MR) is 366 cm³/mol. The lowest BCUT2D eigenvalue weighted by molar-refractivity contribution is -0.143. The molecule has 0 aliphatic rings. The van der Waals surface area contributed by atoms with Crippen molar-refractivity contribution in [2.24, 2.45) is 0 Å². The number of ether oxygens (including phenoxy) is 1. The topological polar surface area (TPSA) is 95.9 Å². The van der Waals surface area contributed by atoms with E-state index in [0.717, 1.165) is 44.9 Å². The third-order valence-electron chi connectivity index (χ3n) is 18.0. The molecule has 492 valence electrons. The zero-order valence-corrected chi connectivity index (χ0v) is 56.5. The summed E-state index contributed by atoms with van der Waals surface area (Å²) in [6.07, 6.45) is 92.6. The molecule has 0 fully saturated rings. The second kappa shape index (κ2) is 72.8. The molecule has 0 spiro atoms. The number of amides is 1. The largest absolute Gasteiger partial charge is 0.466 e. The molecule has 0 radical (unpaired) electrons. The normalized spacial score (nSPS) is 12.6. The summed E-state index contributed by atoms with van der Waals surface area (Å²) in [6, 6.07) is -0.539. The van der Waals surface area contributed by atoms with Gasteiger partial charge in [0, 0.05) is 12.8 Å². The van der Waals surface area contributed by atoms with E-state index in [9.17, 15) is 19.8 Å². The maximum atomic E-state index is 12.5. The minimum Gasteiger partial charge on any atom is -0.466 e. The molecule has 0 heterocycles. The summed E-state index contributed by atoms with van der Waals surface area (Å²) in [4.78, 5) is 24.6. The third kappa shape index (κ3) is 69.3. The predicted octanol–water partition coefficient (Wildman–Crippen LogP) is 24.9. The fourth-order valence-corrected chi connectivity index (χ4v) is 12.2. The molecule has 0 saturated carbocycles. The van der Waals surface area contributed by atoms with Gasteiger partial charge in [-0.2, -0.15) is 0 Å². The first-order valence-electron chi connectivity index (χ1n) is 38.1. The number of aliphatic hydroxyl groups excluding tert-OH is 2. The second-order valence-corrected chi connectivity index (χ2v) is 26.3. The number of allylic oxidation sites excluding steroid dienone is 4. The molecule has 0 aliphatic carbocycles. The summed E-state index contributed by atoms with van der Waals surface area (Å²) in [6.45, 7) is 5.00. The number of carbonyl (C=O) groups is 2. The van der Waals surface area contributed by atoms with Crippen LogP contribution in [0.2, 0.25) is 0 Å². The average molecular weight is 1170 g/mol. The highest BCUT2D eigenvalue weighted by atomic mass is 16.5. The van der Waals surface area contributed by atoms with Gasteiger partial charge in [-0.3, -0.25) is 9.59 Å². The molecule has 0 aromatic carbocycles. The summed E-state index contributed by atoms with van der Waals surface area (Å²) < 4.78 is 5.50. The molecule has 0 bridgehead atoms. The highest BCUT2D eigenvalue weighted by Crippen LogP contribution is 2.20. The number of hydrogen-bond donors (Lipinski definition) is 3. The van der Waals surface area contributed by atoms with Crippen molar-refractivity contribution in [3.63, 3.8) is 0 Å². The summed E-state index contributed by atoms with van der Waals surface area (Å²) in [5.74, 6) is -0.00840. The van der Waals surface area contributed by atoms with Gasteiger partial charge in [0.25, 0.3) is 0 Å². The standard InChI is InChI=1S/C77H149NO5/c1-3-5-7-9-11-13-15-17-19-42-45-49-53-57-61-65-69-75(80)74(73-79)78-76(81)70-66-62-58-54-50-46-43-39-37-35-33-31-29-27-25-23-21-20-22-24-26-28-30-32-34-36-38-40-44-48-52-56-60-64-68-72-83-77(82)71-67-63-59-55-51-47-41-18-16-14-12-10-8-6-4-2/h22,24,28,30,74-75,79-80H,3-21,23,25-27,29,31-73H2,1-2H3,(H,78,81)/b24-22-,30-28-. The quantitative estimate of drug-likeness (QED) is 0.0320. The zero-order valence-electron chi connectivity index (χ0n) is 56.5. The molecular formula is C77H149NO5. The van der Waals surface area contributed by atoms with E-state index in [-0.39, 0.29) is 18.5 Å². The van der Waals surface area contributed by atoms with Crippen LogP contribution in [0.1, 0.15) is 431 Å². The van der Waals surface area contributed by atoms with Crippen LogP contribution in [0.25, 0.3) is 0 Å². The maximum absolute atomic E-state index is 12.5. The van der Waals surface area contributed by atoms with Crippen molar-refractivity contribution in [2.75, 3.05) is 13.2 Å². The molecule has 2 atom stereocenters. The number of hydrogen-bond acceptors (Lipinski definition) is 5. The van der Waals surface area contributed by atoms with Gasteiger partial charge in [0.1, 0.15) is 0 Å². The molecule has 83 heavy (non-hydrogen) atoms. The van der Waals surface area contributed by atoms with E-state index < -0.39 is 12.1 Å². The molecule has 0 aromatic rings. The van der Waals surface area contributed by atoms with E-state index in [1.165, 1.54) is 353 Å². The molecule has 0 aromatic heterocycles. The van der Waals surface area contributed by atoms with Gasteiger partial charge in [0.15, 0.2) is 0 Å². The van der Waals surface area contributed by atoms with E-state index in [1.54, 1.807) is 0 Å². The first-order chi connectivity index (χ1) is 41.0. The van der Waals surface area contributed by atoms with Crippen LogP contribution in [0.4, 0.5) is 0 Å². The lowest BCUT2D eigenvalue weighted by Gasteiger charge is -2.22. The van der Waals surface area contributed by atoms with Crippen molar-refractivity contribution in [1.82, 2.24) is 5.32 Å². The first-order valence-corrected chi connectivity index (χ1v) is 38.1. The average Bonchev–Trinajstić information content (AvgIpc) is 3.49. The van der Waals surface area contributed by atoms with Crippen molar-refractivity contribution in [1.29, 1.82) is 0 Å². The van der Waals surface area contributed by atoms with Crippen molar-refractivity contribution >= 4 is 11.9 Å². The number of carbonyl (C=O) groups excluding carboxylic acids is 2. The number of aliphatic hydroxyl groups is 2. The van der Waals surface area contributed by atoms with Gasteiger partial charge in [-0.15, -0.1) is 0 Å². The fourth-order valence-electron chi connectivity index (χ4n) is 12.2. The van der Waals surface area contributed by atoms with Crippen LogP contribution in [0, 0.1) is 0 Å². The third-order valence-corrected chi connectivity index (χ3v) is 18.0. The summed E-state index contributed by atoms with van der Waals surface area (Å²) in [5.41, 5.74) is 0. The zero-order chi connectivity index (χ0) is 59.9. The van der Waals surface area contributed by atoms with Gasteiger partial charge in [-0.25, -0.2) is 0 Å². The molecule has 2 unspecified atom stereocenters. The Morgan fingerprint density at radius 3 is 0.916 bits per heavy atom. The van der Waals surface area contributed by atoms with Crippen LogP contribution >= 0.6 is 0 Å². The van der Waals surface area contributed by atoms with Crippen LogP contribution in [0.5, 0.6) is 0 Å². The highest BCUT2D eigenvalue weighted by Gasteiger charge is 2.20. The maximum Gasteiger partial charge on any atom is 0.305 e. The monoisotopic (exact) mass is 1170 g/mol. The summed E-state index contributed by atoms with van der Waals surface area (Å²) in [5, 5.41) is 23.4. The van der Waals surface area contributed by atoms with Crippen molar-refractivity contribution in [3.05, 3.63) is 24.3 Å². The van der Waals surface area contributed by atoms with Gasteiger partial charge < -0.3 is 20.3 Å². The Kier molecular flexibility index (Phi) is 71.4. The lowest BCUT2D eigenvalue weighted by atomic mass is 10.0. The number of esters is 1. The Hall–Kier alpha value is -1.66.